The van der Waals surface area contributed by atoms with Crippen LogP contribution in [0.2, 0.25) is 0 Å². The van der Waals surface area contributed by atoms with Gasteiger partial charge in [-0.3, -0.25) is 4.79 Å². The summed E-state index contributed by atoms with van der Waals surface area (Å²) in [6.45, 7) is 4.35. The molecule has 1 atom stereocenters. The van der Waals surface area contributed by atoms with Gasteiger partial charge in [-0.2, -0.15) is 0 Å². The predicted octanol–water partition coefficient (Wildman–Crippen LogP) is 1.20. The van der Waals surface area contributed by atoms with Gasteiger partial charge in [0.1, 0.15) is 5.76 Å². The molecule has 0 saturated carbocycles. The third kappa shape index (κ3) is 3.40. The lowest BCUT2D eigenvalue weighted by molar-refractivity contribution is 0.0913. The Bertz CT molecular complexity index is 319. The Hall–Kier alpha value is -1.29. The van der Waals surface area contributed by atoms with Crippen LogP contribution in [0.15, 0.2) is 16.5 Å². The Kier molecular flexibility index (Phi) is 4.37. The van der Waals surface area contributed by atoms with Crippen molar-refractivity contribution >= 4 is 5.91 Å². The highest BCUT2D eigenvalue weighted by Crippen LogP contribution is 2.08. The van der Waals surface area contributed by atoms with Crippen molar-refractivity contribution in [3.63, 3.8) is 0 Å². The number of carbonyl (C=O) groups is 1. The average Bonchev–Trinajstić information content (AvgIpc) is 2.73. The van der Waals surface area contributed by atoms with Crippen molar-refractivity contribution in [3.8, 4) is 0 Å². The van der Waals surface area contributed by atoms with E-state index in [-0.39, 0.29) is 18.4 Å². The highest BCUT2D eigenvalue weighted by atomic mass is 16.3. The van der Waals surface area contributed by atoms with Crippen molar-refractivity contribution in [1.29, 1.82) is 0 Å². The van der Waals surface area contributed by atoms with Gasteiger partial charge in [-0.25, -0.2) is 0 Å². The first-order valence-corrected chi connectivity index (χ1v) is 5.15. The van der Waals surface area contributed by atoms with Crippen LogP contribution >= 0.6 is 0 Å². The molecule has 0 aliphatic heterocycles. The van der Waals surface area contributed by atoms with Crippen molar-refractivity contribution < 1.29 is 14.3 Å². The van der Waals surface area contributed by atoms with E-state index in [1.54, 1.807) is 12.1 Å². The number of rotatable bonds is 5. The highest BCUT2D eigenvalue weighted by Gasteiger charge is 2.11. The van der Waals surface area contributed by atoms with Crippen molar-refractivity contribution in [1.82, 2.24) is 5.32 Å². The van der Waals surface area contributed by atoms with E-state index in [2.05, 4.69) is 5.32 Å². The third-order valence-corrected chi connectivity index (χ3v) is 2.16. The quantitative estimate of drug-likeness (QED) is 0.769. The van der Waals surface area contributed by atoms with Gasteiger partial charge in [0.25, 0.3) is 5.91 Å². The number of aliphatic hydroxyl groups is 1. The molecule has 15 heavy (non-hydrogen) atoms. The van der Waals surface area contributed by atoms with Crippen LogP contribution in [-0.2, 0) is 6.42 Å². The molecule has 0 aliphatic rings. The monoisotopic (exact) mass is 211 g/mol. The molecule has 0 fully saturated rings. The zero-order chi connectivity index (χ0) is 11.3. The number of hydrogen-bond donors (Lipinski definition) is 2. The van der Waals surface area contributed by atoms with Gasteiger partial charge < -0.3 is 14.8 Å². The van der Waals surface area contributed by atoms with Crippen molar-refractivity contribution in [3.05, 3.63) is 23.7 Å². The van der Waals surface area contributed by atoms with Crippen LogP contribution in [0.25, 0.3) is 0 Å². The molecule has 4 nitrogen and oxygen atoms in total. The lowest BCUT2D eigenvalue weighted by atomic mass is 10.2. The van der Waals surface area contributed by atoms with E-state index >= 15 is 0 Å². The van der Waals surface area contributed by atoms with Gasteiger partial charge >= 0.3 is 0 Å². The van der Waals surface area contributed by atoms with E-state index in [9.17, 15) is 4.79 Å². The summed E-state index contributed by atoms with van der Waals surface area (Å²) in [7, 11) is 0. The molecule has 0 radical (unpaired) electrons. The van der Waals surface area contributed by atoms with Crippen molar-refractivity contribution in [2.24, 2.45) is 5.92 Å². The lowest BCUT2D eigenvalue weighted by Crippen LogP contribution is -2.29. The molecule has 1 unspecified atom stereocenters. The summed E-state index contributed by atoms with van der Waals surface area (Å²) >= 11 is 0. The van der Waals surface area contributed by atoms with Gasteiger partial charge in [0.2, 0.25) is 0 Å². The first-order chi connectivity index (χ1) is 7.17. The maximum atomic E-state index is 11.5. The fraction of sp³-hybridized carbons (Fsp3) is 0.545. The molecule has 1 aromatic rings. The molecular formula is C11H17NO3. The Labute approximate surface area is 89.3 Å². The first kappa shape index (κ1) is 11.8. The van der Waals surface area contributed by atoms with E-state index in [0.717, 1.165) is 12.2 Å². The number of aliphatic hydroxyl groups excluding tert-OH is 1. The van der Waals surface area contributed by atoms with E-state index in [1.165, 1.54) is 0 Å². The summed E-state index contributed by atoms with van der Waals surface area (Å²) < 4.78 is 5.29. The molecular weight excluding hydrogens is 194 g/mol. The summed E-state index contributed by atoms with van der Waals surface area (Å²) in [4.78, 5) is 11.5. The lowest BCUT2D eigenvalue weighted by Gasteiger charge is -2.07. The number of aryl methyl sites for hydroxylation is 1. The van der Waals surface area contributed by atoms with Crippen LogP contribution in [0, 0.1) is 5.92 Å². The van der Waals surface area contributed by atoms with Crippen molar-refractivity contribution in [2.75, 3.05) is 13.2 Å². The van der Waals surface area contributed by atoms with E-state index in [4.69, 9.17) is 9.52 Å². The zero-order valence-electron chi connectivity index (χ0n) is 9.12. The molecule has 4 heteroatoms. The van der Waals surface area contributed by atoms with Crippen LogP contribution in [0.4, 0.5) is 0 Å². The van der Waals surface area contributed by atoms with E-state index in [1.807, 2.05) is 13.8 Å². The maximum absolute atomic E-state index is 11.5. The Morgan fingerprint density at radius 3 is 2.87 bits per heavy atom. The summed E-state index contributed by atoms with van der Waals surface area (Å²) in [6, 6.07) is 3.46. The molecule has 0 bridgehead atoms. The number of furan rings is 1. The van der Waals surface area contributed by atoms with Crippen LogP contribution < -0.4 is 5.32 Å². The zero-order valence-corrected chi connectivity index (χ0v) is 9.12. The Morgan fingerprint density at radius 1 is 1.60 bits per heavy atom. The van der Waals surface area contributed by atoms with Crippen LogP contribution in [-0.4, -0.2) is 24.2 Å². The topological polar surface area (TPSA) is 62.5 Å². The molecule has 0 spiro atoms. The molecule has 84 valence electrons. The molecule has 0 aromatic carbocycles. The second-order valence-corrected chi connectivity index (χ2v) is 3.62. The number of hydrogen-bond acceptors (Lipinski definition) is 3. The molecule has 0 aliphatic carbocycles. The maximum Gasteiger partial charge on any atom is 0.287 e. The van der Waals surface area contributed by atoms with Gasteiger partial charge in [-0.05, 0) is 18.1 Å². The highest BCUT2D eigenvalue weighted by molar-refractivity contribution is 5.91. The molecule has 1 rings (SSSR count). The molecule has 1 amide bonds. The molecule has 2 N–H and O–H groups in total. The van der Waals surface area contributed by atoms with E-state index < -0.39 is 0 Å². The standard InChI is InChI=1S/C11H17NO3/c1-3-9-4-5-10(15-9)11(14)12-6-8(2)7-13/h4-5,8,13H,3,6-7H2,1-2H3,(H,12,14). The summed E-state index contributed by atoms with van der Waals surface area (Å²) in [5, 5.41) is 11.5. The smallest absolute Gasteiger partial charge is 0.287 e. The van der Waals surface area contributed by atoms with Gasteiger partial charge in [-0.1, -0.05) is 13.8 Å². The SMILES string of the molecule is CCc1ccc(C(=O)NCC(C)CO)o1. The van der Waals surface area contributed by atoms with Crippen LogP contribution in [0.3, 0.4) is 0 Å². The Morgan fingerprint density at radius 2 is 2.33 bits per heavy atom. The molecule has 1 heterocycles. The second kappa shape index (κ2) is 5.56. The summed E-state index contributed by atoms with van der Waals surface area (Å²) in [5.41, 5.74) is 0. The molecule has 0 saturated heterocycles. The van der Waals surface area contributed by atoms with Gasteiger partial charge in [-0.15, -0.1) is 0 Å². The fourth-order valence-electron chi connectivity index (χ4n) is 1.11. The fourth-order valence-corrected chi connectivity index (χ4v) is 1.11. The minimum atomic E-state index is -0.227. The first-order valence-electron chi connectivity index (χ1n) is 5.15. The van der Waals surface area contributed by atoms with Gasteiger partial charge in [0.05, 0.1) is 0 Å². The van der Waals surface area contributed by atoms with Crippen LogP contribution in [0.1, 0.15) is 30.2 Å². The second-order valence-electron chi connectivity index (χ2n) is 3.62. The number of nitrogens with one attached hydrogen (secondary N) is 1. The largest absolute Gasteiger partial charge is 0.456 e. The third-order valence-electron chi connectivity index (χ3n) is 2.16. The number of amides is 1. The van der Waals surface area contributed by atoms with Crippen molar-refractivity contribution in [2.45, 2.75) is 20.3 Å². The molecule has 1 aromatic heterocycles. The Balaban J connectivity index is 2.46. The summed E-state index contributed by atoms with van der Waals surface area (Å²) in [6.07, 6.45) is 0.778. The normalized spacial score (nSPS) is 12.5. The van der Waals surface area contributed by atoms with E-state index in [0.29, 0.717) is 12.3 Å². The predicted molar refractivity (Wildman–Crippen MR) is 56.7 cm³/mol. The average molecular weight is 211 g/mol. The minimum Gasteiger partial charge on any atom is -0.456 e. The van der Waals surface area contributed by atoms with Gasteiger partial charge in [0.15, 0.2) is 5.76 Å². The van der Waals surface area contributed by atoms with Gasteiger partial charge in [0, 0.05) is 19.6 Å². The minimum absolute atomic E-state index is 0.0644. The van der Waals surface area contributed by atoms with Crippen LogP contribution in [0.5, 0.6) is 0 Å². The summed E-state index contributed by atoms with van der Waals surface area (Å²) in [5.74, 6) is 0.969. The number of carbonyl (C=O) groups excluding carboxylic acids is 1.